The summed E-state index contributed by atoms with van der Waals surface area (Å²) in [6.07, 6.45) is -3.02. The van der Waals surface area contributed by atoms with Gasteiger partial charge in [0.05, 0.1) is 17.3 Å². The predicted molar refractivity (Wildman–Crippen MR) is 68.4 cm³/mol. The smallest absolute Gasteiger partial charge is 0.292 e. The standard InChI is InChI=1S/C15H9F3N2O/c16-15(17,18)11-6-4-10(5-7-11)14(21)12(9-19)13-3-1-2-8-20-13/h1-8,12H. The molecule has 21 heavy (non-hydrogen) atoms. The number of pyridine rings is 1. The van der Waals surface area contributed by atoms with Crippen LogP contribution in [0.2, 0.25) is 0 Å². The van der Waals surface area contributed by atoms with Crippen molar-refractivity contribution in [2.75, 3.05) is 0 Å². The van der Waals surface area contributed by atoms with Crippen LogP contribution in [0.1, 0.15) is 27.5 Å². The predicted octanol–water partition coefficient (Wildman–Crippen LogP) is 3.59. The molecular weight excluding hydrogens is 281 g/mol. The number of aromatic nitrogens is 1. The molecule has 1 aromatic carbocycles. The number of ketones is 1. The minimum Gasteiger partial charge on any atom is -0.292 e. The molecule has 2 aromatic rings. The Morgan fingerprint density at radius 3 is 2.29 bits per heavy atom. The number of carbonyl (C=O) groups is 1. The van der Waals surface area contributed by atoms with E-state index in [9.17, 15) is 18.0 Å². The maximum atomic E-state index is 12.5. The van der Waals surface area contributed by atoms with Crippen LogP contribution in [-0.2, 0) is 6.18 Å². The van der Waals surface area contributed by atoms with Crippen LogP contribution in [-0.4, -0.2) is 10.8 Å². The van der Waals surface area contributed by atoms with E-state index in [1.165, 1.54) is 12.3 Å². The molecule has 0 amide bonds. The van der Waals surface area contributed by atoms with Crippen LogP contribution in [0.3, 0.4) is 0 Å². The average Bonchev–Trinajstić information content (AvgIpc) is 2.48. The Morgan fingerprint density at radius 1 is 1.14 bits per heavy atom. The lowest BCUT2D eigenvalue weighted by molar-refractivity contribution is -0.137. The van der Waals surface area contributed by atoms with Gasteiger partial charge in [0.1, 0.15) is 0 Å². The molecule has 106 valence electrons. The van der Waals surface area contributed by atoms with Crippen molar-refractivity contribution in [3.63, 3.8) is 0 Å². The number of nitriles is 1. The number of hydrogen-bond acceptors (Lipinski definition) is 3. The second-order valence-electron chi connectivity index (χ2n) is 4.26. The topological polar surface area (TPSA) is 53.8 Å². The van der Waals surface area contributed by atoms with E-state index in [-0.39, 0.29) is 11.3 Å². The minimum absolute atomic E-state index is 0.0419. The van der Waals surface area contributed by atoms with Gasteiger partial charge in [-0.15, -0.1) is 0 Å². The first kappa shape index (κ1) is 14.7. The fraction of sp³-hybridized carbons (Fsp3) is 0.133. The third-order valence-corrected chi connectivity index (χ3v) is 2.87. The Labute approximate surface area is 118 Å². The summed E-state index contributed by atoms with van der Waals surface area (Å²) in [5.74, 6) is -1.71. The van der Waals surface area contributed by atoms with E-state index < -0.39 is 23.4 Å². The lowest BCUT2D eigenvalue weighted by Crippen LogP contribution is -2.13. The van der Waals surface area contributed by atoms with Gasteiger partial charge in [0.2, 0.25) is 0 Å². The van der Waals surface area contributed by atoms with Gasteiger partial charge in [-0.3, -0.25) is 9.78 Å². The van der Waals surface area contributed by atoms with Gasteiger partial charge < -0.3 is 0 Å². The van der Waals surface area contributed by atoms with E-state index in [0.717, 1.165) is 24.3 Å². The number of Topliss-reactive ketones (excluding diaryl/α,β-unsaturated/α-hetero) is 1. The highest BCUT2D eigenvalue weighted by Gasteiger charge is 2.31. The molecule has 0 N–H and O–H groups in total. The summed E-state index contributed by atoms with van der Waals surface area (Å²) in [7, 11) is 0. The van der Waals surface area contributed by atoms with Gasteiger partial charge in [-0.2, -0.15) is 18.4 Å². The molecule has 0 fully saturated rings. The molecule has 0 radical (unpaired) electrons. The second kappa shape index (κ2) is 5.75. The monoisotopic (exact) mass is 290 g/mol. The van der Waals surface area contributed by atoms with E-state index in [1.807, 2.05) is 6.07 Å². The summed E-state index contributed by atoms with van der Waals surface area (Å²) in [4.78, 5) is 16.1. The number of carbonyl (C=O) groups excluding carboxylic acids is 1. The van der Waals surface area contributed by atoms with Crippen molar-refractivity contribution in [3.05, 3.63) is 65.5 Å². The highest BCUT2D eigenvalue weighted by molar-refractivity contribution is 6.02. The van der Waals surface area contributed by atoms with Gasteiger partial charge in [-0.25, -0.2) is 0 Å². The van der Waals surface area contributed by atoms with E-state index >= 15 is 0 Å². The maximum absolute atomic E-state index is 12.5. The fourth-order valence-electron chi connectivity index (χ4n) is 1.80. The Morgan fingerprint density at radius 2 is 1.81 bits per heavy atom. The summed E-state index contributed by atoms with van der Waals surface area (Å²) in [6, 6.07) is 10.4. The molecule has 0 aliphatic rings. The van der Waals surface area contributed by atoms with Gasteiger partial charge in [-0.05, 0) is 24.3 Å². The van der Waals surface area contributed by atoms with Crippen molar-refractivity contribution >= 4 is 5.78 Å². The molecule has 0 spiro atoms. The van der Waals surface area contributed by atoms with Crippen molar-refractivity contribution < 1.29 is 18.0 Å². The van der Waals surface area contributed by atoms with Crippen molar-refractivity contribution in [2.24, 2.45) is 0 Å². The number of alkyl halides is 3. The van der Waals surface area contributed by atoms with E-state index in [2.05, 4.69) is 4.98 Å². The zero-order chi connectivity index (χ0) is 15.5. The molecule has 6 heteroatoms. The third kappa shape index (κ3) is 3.26. The summed E-state index contributed by atoms with van der Waals surface area (Å²) in [6.45, 7) is 0. The van der Waals surface area contributed by atoms with Crippen molar-refractivity contribution in [3.8, 4) is 6.07 Å². The highest BCUT2D eigenvalue weighted by Crippen LogP contribution is 2.29. The third-order valence-electron chi connectivity index (χ3n) is 2.87. The van der Waals surface area contributed by atoms with E-state index in [4.69, 9.17) is 5.26 Å². The van der Waals surface area contributed by atoms with Gasteiger partial charge in [-0.1, -0.05) is 18.2 Å². The second-order valence-corrected chi connectivity index (χ2v) is 4.26. The van der Waals surface area contributed by atoms with Crippen LogP contribution < -0.4 is 0 Å². The number of nitrogens with zero attached hydrogens (tertiary/aromatic N) is 2. The number of hydrogen-bond donors (Lipinski definition) is 0. The quantitative estimate of drug-likeness (QED) is 0.812. The number of halogens is 3. The van der Waals surface area contributed by atoms with Gasteiger partial charge >= 0.3 is 6.18 Å². The van der Waals surface area contributed by atoms with Crippen molar-refractivity contribution in [2.45, 2.75) is 12.1 Å². The number of benzene rings is 1. The Bertz CT molecular complexity index is 673. The summed E-state index contributed by atoms with van der Waals surface area (Å²) < 4.78 is 37.4. The maximum Gasteiger partial charge on any atom is 0.416 e. The lowest BCUT2D eigenvalue weighted by atomic mass is 9.95. The molecule has 2 rings (SSSR count). The largest absolute Gasteiger partial charge is 0.416 e. The van der Waals surface area contributed by atoms with Crippen LogP contribution >= 0.6 is 0 Å². The molecule has 0 bridgehead atoms. The van der Waals surface area contributed by atoms with Gasteiger partial charge in [0.25, 0.3) is 0 Å². The zero-order valence-corrected chi connectivity index (χ0v) is 10.6. The van der Waals surface area contributed by atoms with Crippen LogP contribution in [0.25, 0.3) is 0 Å². The first-order valence-electron chi connectivity index (χ1n) is 5.95. The average molecular weight is 290 g/mol. The molecule has 1 aromatic heterocycles. The van der Waals surface area contributed by atoms with Crippen LogP contribution in [0.5, 0.6) is 0 Å². The molecular formula is C15H9F3N2O. The van der Waals surface area contributed by atoms with E-state index in [0.29, 0.717) is 0 Å². The van der Waals surface area contributed by atoms with Crippen molar-refractivity contribution in [1.29, 1.82) is 5.26 Å². The first-order valence-corrected chi connectivity index (χ1v) is 5.95. The molecule has 0 aliphatic carbocycles. The van der Waals surface area contributed by atoms with Crippen LogP contribution in [0.4, 0.5) is 13.2 Å². The normalized spacial score (nSPS) is 12.5. The molecule has 0 saturated carbocycles. The molecule has 0 saturated heterocycles. The summed E-state index contributed by atoms with van der Waals surface area (Å²) in [5, 5.41) is 9.10. The van der Waals surface area contributed by atoms with Crippen LogP contribution in [0, 0.1) is 11.3 Å². The number of rotatable bonds is 3. The molecule has 1 unspecified atom stereocenters. The Hall–Kier alpha value is -2.68. The summed E-state index contributed by atoms with van der Waals surface area (Å²) in [5.41, 5.74) is -0.532. The van der Waals surface area contributed by atoms with Gasteiger partial charge in [0.15, 0.2) is 11.7 Å². The SMILES string of the molecule is N#CC(C(=O)c1ccc(C(F)(F)F)cc1)c1ccccn1. The first-order chi connectivity index (χ1) is 9.93. The summed E-state index contributed by atoms with van der Waals surface area (Å²) >= 11 is 0. The molecule has 1 heterocycles. The minimum atomic E-state index is -4.46. The molecule has 1 atom stereocenters. The lowest BCUT2D eigenvalue weighted by Gasteiger charge is -2.09. The van der Waals surface area contributed by atoms with E-state index in [1.54, 1.807) is 12.1 Å². The molecule has 3 nitrogen and oxygen atoms in total. The van der Waals surface area contributed by atoms with Crippen molar-refractivity contribution in [1.82, 2.24) is 4.98 Å². The highest BCUT2D eigenvalue weighted by atomic mass is 19.4. The zero-order valence-electron chi connectivity index (χ0n) is 10.6. The Balaban J connectivity index is 2.29. The van der Waals surface area contributed by atoms with Gasteiger partial charge in [0, 0.05) is 11.8 Å². The molecule has 0 aliphatic heterocycles. The Kier molecular flexibility index (Phi) is 4.03. The fourth-order valence-corrected chi connectivity index (χ4v) is 1.80. The van der Waals surface area contributed by atoms with Crippen LogP contribution in [0.15, 0.2) is 48.7 Å².